The monoisotopic (exact) mass is 294 g/mol. The molecule has 1 fully saturated rings. The van der Waals surface area contributed by atoms with Gasteiger partial charge in [0, 0.05) is 6.04 Å². The third-order valence-corrected chi connectivity index (χ3v) is 5.25. The first kappa shape index (κ1) is 15.5. The van der Waals surface area contributed by atoms with Gasteiger partial charge in [0.15, 0.2) is 0 Å². The van der Waals surface area contributed by atoms with Gasteiger partial charge in [-0.1, -0.05) is 34.1 Å². The maximum atomic E-state index is 12.8. The average Bonchev–Trinajstić information content (AvgIpc) is 3.08. The van der Waals surface area contributed by atoms with E-state index in [9.17, 15) is 4.79 Å². The molecule has 1 aliphatic rings. The smallest absolute Gasteiger partial charge is 0.241 e. The van der Waals surface area contributed by atoms with E-state index in [1.165, 1.54) is 5.56 Å². The fourth-order valence-corrected chi connectivity index (χ4v) is 3.69. The standard InChI is InChI=1S/C16H26N2OS/c1-5-11(4)14-16(19)18(13(6-2)7-3)15(17-14)12-8-9-20-10-12/h8-11,13-15,17H,5-7H2,1-4H3. The molecule has 1 aromatic heterocycles. The number of carbonyl (C=O) groups is 1. The van der Waals surface area contributed by atoms with Crippen LogP contribution in [-0.4, -0.2) is 22.9 Å². The summed E-state index contributed by atoms with van der Waals surface area (Å²) < 4.78 is 0. The van der Waals surface area contributed by atoms with E-state index < -0.39 is 0 Å². The van der Waals surface area contributed by atoms with Crippen LogP contribution in [0.1, 0.15) is 58.7 Å². The van der Waals surface area contributed by atoms with Crippen molar-refractivity contribution in [3.05, 3.63) is 22.4 Å². The Labute approximate surface area is 126 Å². The Balaban J connectivity index is 2.30. The van der Waals surface area contributed by atoms with Crippen molar-refractivity contribution in [3.8, 4) is 0 Å². The van der Waals surface area contributed by atoms with Crippen molar-refractivity contribution in [3.63, 3.8) is 0 Å². The molecule has 1 aliphatic heterocycles. The number of nitrogens with zero attached hydrogens (tertiary/aromatic N) is 1. The lowest BCUT2D eigenvalue weighted by molar-refractivity contribution is -0.133. The van der Waals surface area contributed by atoms with Crippen molar-refractivity contribution in [2.75, 3.05) is 0 Å². The molecule has 2 rings (SSSR count). The highest BCUT2D eigenvalue weighted by atomic mass is 32.1. The third kappa shape index (κ3) is 2.77. The fraction of sp³-hybridized carbons (Fsp3) is 0.688. The second kappa shape index (κ2) is 6.72. The number of amides is 1. The Hall–Kier alpha value is -0.870. The van der Waals surface area contributed by atoms with E-state index in [1.807, 2.05) is 0 Å². The normalized spacial score (nSPS) is 24.6. The molecule has 0 aliphatic carbocycles. The first-order valence-electron chi connectivity index (χ1n) is 7.74. The summed E-state index contributed by atoms with van der Waals surface area (Å²) in [6.07, 6.45) is 3.10. The van der Waals surface area contributed by atoms with Gasteiger partial charge >= 0.3 is 0 Å². The summed E-state index contributed by atoms with van der Waals surface area (Å²) in [4.78, 5) is 14.9. The molecule has 0 bridgehead atoms. The quantitative estimate of drug-likeness (QED) is 0.866. The van der Waals surface area contributed by atoms with Gasteiger partial charge < -0.3 is 4.90 Å². The van der Waals surface area contributed by atoms with E-state index >= 15 is 0 Å². The van der Waals surface area contributed by atoms with Gasteiger partial charge in [-0.2, -0.15) is 11.3 Å². The van der Waals surface area contributed by atoms with E-state index in [0.29, 0.717) is 12.0 Å². The van der Waals surface area contributed by atoms with Crippen LogP contribution in [0.3, 0.4) is 0 Å². The third-order valence-electron chi connectivity index (χ3n) is 4.54. The molecule has 0 aromatic carbocycles. The zero-order valence-electron chi connectivity index (χ0n) is 12.9. The molecule has 2 heterocycles. The van der Waals surface area contributed by atoms with Gasteiger partial charge in [0.1, 0.15) is 6.17 Å². The van der Waals surface area contributed by atoms with Crippen LogP contribution in [0.4, 0.5) is 0 Å². The van der Waals surface area contributed by atoms with Crippen molar-refractivity contribution in [2.24, 2.45) is 5.92 Å². The molecule has 112 valence electrons. The topological polar surface area (TPSA) is 32.3 Å². The number of thiophene rings is 1. The van der Waals surface area contributed by atoms with Gasteiger partial charge in [-0.15, -0.1) is 0 Å². The molecule has 1 amide bonds. The first-order valence-corrected chi connectivity index (χ1v) is 8.68. The molecule has 0 radical (unpaired) electrons. The van der Waals surface area contributed by atoms with Crippen molar-refractivity contribution in [2.45, 2.75) is 65.2 Å². The molecule has 4 heteroatoms. The molecule has 1 saturated heterocycles. The van der Waals surface area contributed by atoms with E-state index in [4.69, 9.17) is 0 Å². The highest BCUT2D eigenvalue weighted by Gasteiger charge is 2.43. The predicted molar refractivity (Wildman–Crippen MR) is 84.7 cm³/mol. The van der Waals surface area contributed by atoms with Crippen LogP contribution in [-0.2, 0) is 4.79 Å². The van der Waals surface area contributed by atoms with Crippen LogP contribution >= 0.6 is 11.3 Å². The SMILES string of the molecule is CCC(C)C1NC(c2ccsc2)N(C(CC)CC)C1=O. The van der Waals surface area contributed by atoms with E-state index in [0.717, 1.165) is 19.3 Å². The van der Waals surface area contributed by atoms with Gasteiger partial charge in [-0.25, -0.2) is 0 Å². The van der Waals surface area contributed by atoms with E-state index in [-0.39, 0.29) is 18.1 Å². The maximum Gasteiger partial charge on any atom is 0.241 e. The molecule has 3 atom stereocenters. The minimum atomic E-state index is -0.0366. The number of hydrogen-bond acceptors (Lipinski definition) is 3. The summed E-state index contributed by atoms with van der Waals surface area (Å²) in [5.74, 6) is 0.659. The van der Waals surface area contributed by atoms with E-state index in [2.05, 4.69) is 54.7 Å². The Morgan fingerprint density at radius 2 is 2.00 bits per heavy atom. The number of carbonyl (C=O) groups excluding carboxylic acids is 1. The lowest BCUT2D eigenvalue weighted by Gasteiger charge is -2.31. The summed E-state index contributed by atoms with van der Waals surface area (Å²) in [6.45, 7) is 8.65. The van der Waals surface area contributed by atoms with Crippen LogP contribution in [0.2, 0.25) is 0 Å². The Morgan fingerprint density at radius 1 is 1.30 bits per heavy atom. The summed E-state index contributed by atoms with van der Waals surface area (Å²) in [5.41, 5.74) is 1.22. The van der Waals surface area contributed by atoms with Crippen LogP contribution in [0, 0.1) is 5.92 Å². The number of hydrogen-bond donors (Lipinski definition) is 1. The Kier molecular flexibility index (Phi) is 5.22. The zero-order valence-corrected chi connectivity index (χ0v) is 13.7. The number of rotatable bonds is 6. The highest BCUT2D eigenvalue weighted by Crippen LogP contribution is 2.33. The molecule has 0 saturated carbocycles. The van der Waals surface area contributed by atoms with Gasteiger partial charge in [0.25, 0.3) is 0 Å². The minimum Gasteiger partial charge on any atom is -0.319 e. The lowest BCUT2D eigenvalue weighted by Crippen LogP contribution is -2.40. The first-order chi connectivity index (χ1) is 9.63. The van der Waals surface area contributed by atoms with Crippen molar-refractivity contribution >= 4 is 17.2 Å². The van der Waals surface area contributed by atoms with Crippen molar-refractivity contribution in [1.29, 1.82) is 0 Å². The summed E-state index contributed by atoms with van der Waals surface area (Å²) in [7, 11) is 0. The molecule has 3 nitrogen and oxygen atoms in total. The highest BCUT2D eigenvalue weighted by molar-refractivity contribution is 7.07. The van der Waals surface area contributed by atoms with Gasteiger partial charge in [0.05, 0.1) is 6.04 Å². The lowest BCUT2D eigenvalue weighted by atomic mass is 9.99. The molecule has 3 unspecified atom stereocenters. The molecule has 1 N–H and O–H groups in total. The Morgan fingerprint density at radius 3 is 2.50 bits per heavy atom. The summed E-state index contributed by atoms with van der Waals surface area (Å²) >= 11 is 1.69. The van der Waals surface area contributed by atoms with Crippen LogP contribution < -0.4 is 5.32 Å². The largest absolute Gasteiger partial charge is 0.319 e. The Bertz CT molecular complexity index is 428. The maximum absolute atomic E-state index is 12.8. The number of nitrogens with one attached hydrogen (secondary N) is 1. The second-order valence-electron chi connectivity index (χ2n) is 5.70. The summed E-state index contributed by atoms with van der Waals surface area (Å²) in [6, 6.07) is 2.42. The van der Waals surface area contributed by atoms with Crippen LogP contribution in [0.5, 0.6) is 0 Å². The van der Waals surface area contributed by atoms with Crippen LogP contribution in [0.25, 0.3) is 0 Å². The molecular weight excluding hydrogens is 268 g/mol. The van der Waals surface area contributed by atoms with Crippen molar-refractivity contribution in [1.82, 2.24) is 10.2 Å². The predicted octanol–water partition coefficient (Wildman–Crippen LogP) is 3.78. The van der Waals surface area contributed by atoms with Crippen molar-refractivity contribution < 1.29 is 4.79 Å². The minimum absolute atomic E-state index is 0.0366. The average molecular weight is 294 g/mol. The second-order valence-corrected chi connectivity index (χ2v) is 6.48. The van der Waals surface area contributed by atoms with Crippen LogP contribution in [0.15, 0.2) is 16.8 Å². The zero-order chi connectivity index (χ0) is 14.7. The molecule has 0 spiro atoms. The molecule has 1 aromatic rings. The van der Waals surface area contributed by atoms with Gasteiger partial charge in [-0.05, 0) is 41.1 Å². The van der Waals surface area contributed by atoms with E-state index in [1.54, 1.807) is 11.3 Å². The summed E-state index contributed by atoms with van der Waals surface area (Å²) in [5, 5.41) is 7.81. The molecule has 20 heavy (non-hydrogen) atoms. The fourth-order valence-electron chi connectivity index (χ4n) is 3.01. The van der Waals surface area contributed by atoms with Gasteiger partial charge in [-0.3, -0.25) is 10.1 Å². The molecular formula is C16H26N2OS. The van der Waals surface area contributed by atoms with Gasteiger partial charge in [0.2, 0.25) is 5.91 Å².